The zero-order valence-corrected chi connectivity index (χ0v) is 7.62. The lowest BCUT2D eigenvalue weighted by atomic mass is 10.3. The third-order valence-electron chi connectivity index (χ3n) is 2.07. The Morgan fingerprint density at radius 2 is 2.46 bits per heavy atom. The molecule has 2 N–H and O–H groups in total. The molecule has 1 rings (SSSR count). The van der Waals surface area contributed by atoms with E-state index >= 15 is 0 Å². The van der Waals surface area contributed by atoms with E-state index < -0.39 is 12.0 Å². The Labute approximate surface area is 76.7 Å². The number of nitrogens with zero attached hydrogens (tertiary/aromatic N) is 1. The molecule has 0 saturated carbocycles. The SMILES string of the molecule is CCCCN1CC(C(=O)O)NC1=O. The number of aliphatic carboxylic acids is 1. The predicted octanol–water partition coefficient (Wildman–Crippen LogP) is 0.265. The first-order valence-electron chi connectivity index (χ1n) is 4.43. The fourth-order valence-electron chi connectivity index (χ4n) is 1.27. The van der Waals surface area contributed by atoms with Gasteiger partial charge in [-0.1, -0.05) is 13.3 Å². The number of hydrogen-bond donors (Lipinski definition) is 2. The second-order valence-electron chi connectivity index (χ2n) is 3.14. The van der Waals surface area contributed by atoms with Gasteiger partial charge in [0.25, 0.3) is 0 Å². The Balaban J connectivity index is 2.42. The summed E-state index contributed by atoms with van der Waals surface area (Å²) in [4.78, 5) is 23.2. The van der Waals surface area contributed by atoms with E-state index in [2.05, 4.69) is 5.32 Å². The van der Waals surface area contributed by atoms with Gasteiger partial charge in [-0.3, -0.25) is 0 Å². The first-order chi connectivity index (χ1) is 6.15. The van der Waals surface area contributed by atoms with Crippen LogP contribution < -0.4 is 5.32 Å². The molecule has 1 saturated heterocycles. The second kappa shape index (κ2) is 4.11. The van der Waals surface area contributed by atoms with E-state index in [1.165, 1.54) is 0 Å². The Bertz CT molecular complexity index is 217. The molecular formula is C8H14N2O3. The molecule has 0 aliphatic carbocycles. The molecule has 5 heteroatoms. The molecule has 1 atom stereocenters. The standard InChI is InChI=1S/C8H14N2O3/c1-2-3-4-10-5-6(7(11)12)9-8(10)13/h6H,2-5H2,1H3,(H,9,13)(H,11,12). The van der Waals surface area contributed by atoms with E-state index in [0.717, 1.165) is 12.8 Å². The van der Waals surface area contributed by atoms with Gasteiger partial charge in [0, 0.05) is 6.54 Å². The van der Waals surface area contributed by atoms with Crippen LogP contribution in [0.5, 0.6) is 0 Å². The van der Waals surface area contributed by atoms with Gasteiger partial charge >= 0.3 is 12.0 Å². The fraction of sp³-hybridized carbons (Fsp3) is 0.750. The van der Waals surface area contributed by atoms with Crippen molar-refractivity contribution in [1.29, 1.82) is 0 Å². The summed E-state index contributed by atoms with van der Waals surface area (Å²) in [6, 6.07) is -0.995. The van der Waals surface area contributed by atoms with Crippen LogP contribution in [0.25, 0.3) is 0 Å². The molecule has 0 spiro atoms. The molecule has 0 radical (unpaired) electrons. The van der Waals surface area contributed by atoms with Gasteiger partial charge in [-0.15, -0.1) is 0 Å². The number of hydrogen-bond acceptors (Lipinski definition) is 2. The van der Waals surface area contributed by atoms with Gasteiger partial charge in [-0.2, -0.15) is 0 Å². The lowest BCUT2D eigenvalue weighted by Gasteiger charge is -2.12. The van der Waals surface area contributed by atoms with Crippen LogP contribution in [0.2, 0.25) is 0 Å². The highest BCUT2D eigenvalue weighted by molar-refractivity contribution is 5.86. The summed E-state index contributed by atoms with van der Waals surface area (Å²) >= 11 is 0. The summed E-state index contributed by atoms with van der Waals surface area (Å²) in [5, 5.41) is 11.0. The number of unbranched alkanes of at least 4 members (excludes halogenated alkanes) is 1. The molecule has 13 heavy (non-hydrogen) atoms. The molecule has 1 fully saturated rings. The van der Waals surface area contributed by atoms with Crippen LogP contribution in [0, 0.1) is 0 Å². The van der Waals surface area contributed by atoms with Gasteiger partial charge in [0.2, 0.25) is 0 Å². The normalized spacial score (nSPS) is 21.8. The van der Waals surface area contributed by atoms with Crippen molar-refractivity contribution >= 4 is 12.0 Å². The minimum Gasteiger partial charge on any atom is -0.480 e. The molecule has 1 aliphatic heterocycles. The van der Waals surface area contributed by atoms with E-state index in [-0.39, 0.29) is 12.6 Å². The van der Waals surface area contributed by atoms with Crippen LogP contribution in [-0.2, 0) is 4.79 Å². The lowest BCUT2D eigenvalue weighted by Crippen LogP contribution is -2.33. The maximum atomic E-state index is 11.1. The summed E-state index contributed by atoms with van der Waals surface area (Å²) in [6.07, 6.45) is 1.92. The van der Waals surface area contributed by atoms with Gasteiger partial charge in [0.15, 0.2) is 0 Å². The van der Waals surface area contributed by atoms with E-state index in [1.807, 2.05) is 6.92 Å². The molecule has 0 aromatic rings. The quantitative estimate of drug-likeness (QED) is 0.661. The summed E-state index contributed by atoms with van der Waals surface area (Å²) in [7, 11) is 0. The van der Waals surface area contributed by atoms with Crippen molar-refractivity contribution < 1.29 is 14.7 Å². The second-order valence-corrected chi connectivity index (χ2v) is 3.14. The summed E-state index contributed by atoms with van der Waals surface area (Å²) in [5.41, 5.74) is 0. The number of amides is 2. The first-order valence-corrected chi connectivity index (χ1v) is 4.43. The average Bonchev–Trinajstić information content (AvgIpc) is 2.44. The van der Waals surface area contributed by atoms with Gasteiger partial charge in [0.1, 0.15) is 6.04 Å². The van der Waals surface area contributed by atoms with Crippen LogP contribution >= 0.6 is 0 Å². The Morgan fingerprint density at radius 3 is 2.92 bits per heavy atom. The maximum Gasteiger partial charge on any atom is 0.328 e. The molecule has 0 aromatic carbocycles. The third-order valence-corrected chi connectivity index (χ3v) is 2.07. The van der Waals surface area contributed by atoms with Crippen molar-refractivity contribution in [1.82, 2.24) is 10.2 Å². The van der Waals surface area contributed by atoms with E-state index in [0.29, 0.717) is 6.54 Å². The fourth-order valence-corrected chi connectivity index (χ4v) is 1.27. The molecule has 74 valence electrons. The van der Waals surface area contributed by atoms with Crippen LogP contribution in [0.3, 0.4) is 0 Å². The molecule has 1 heterocycles. The van der Waals surface area contributed by atoms with E-state index in [9.17, 15) is 9.59 Å². The van der Waals surface area contributed by atoms with Crippen molar-refractivity contribution in [2.75, 3.05) is 13.1 Å². The first kappa shape index (κ1) is 9.83. The van der Waals surface area contributed by atoms with Crippen molar-refractivity contribution in [3.63, 3.8) is 0 Å². The van der Waals surface area contributed by atoms with Gasteiger partial charge < -0.3 is 15.3 Å². The Morgan fingerprint density at radius 1 is 1.77 bits per heavy atom. The van der Waals surface area contributed by atoms with Crippen LogP contribution in [0.1, 0.15) is 19.8 Å². The number of carboxylic acid groups (broad SMARTS) is 1. The van der Waals surface area contributed by atoms with Gasteiger partial charge in [-0.05, 0) is 6.42 Å². The monoisotopic (exact) mass is 186 g/mol. The van der Waals surface area contributed by atoms with Crippen LogP contribution in [-0.4, -0.2) is 41.1 Å². The highest BCUT2D eigenvalue weighted by atomic mass is 16.4. The Kier molecular flexibility index (Phi) is 3.11. The smallest absolute Gasteiger partial charge is 0.328 e. The average molecular weight is 186 g/mol. The Hall–Kier alpha value is -1.26. The molecule has 5 nitrogen and oxygen atoms in total. The topological polar surface area (TPSA) is 69.6 Å². The molecule has 0 bridgehead atoms. The summed E-state index contributed by atoms with van der Waals surface area (Å²) in [6.45, 7) is 2.96. The maximum absolute atomic E-state index is 11.1. The highest BCUT2D eigenvalue weighted by Gasteiger charge is 2.32. The van der Waals surface area contributed by atoms with Crippen LogP contribution in [0.15, 0.2) is 0 Å². The van der Waals surface area contributed by atoms with Crippen molar-refractivity contribution in [3.05, 3.63) is 0 Å². The number of nitrogens with one attached hydrogen (secondary N) is 1. The summed E-state index contributed by atoms with van der Waals surface area (Å²) in [5.74, 6) is -0.965. The minimum absolute atomic E-state index is 0.263. The molecule has 2 amide bonds. The number of carboxylic acids is 1. The summed E-state index contributed by atoms with van der Waals surface area (Å²) < 4.78 is 0. The van der Waals surface area contributed by atoms with Gasteiger partial charge in [0.05, 0.1) is 6.54 Å². The van der Waals surface area contributed by atoms with E-state index in [4.69, 9.17) is 5.11 Å². The third kappa shape index (κ3) is 2.34. The van der Waals surface area contributed by atoms with Crippen LogP contribution in [0.4, 0.5) is 4.79 Å². The highest BCUT2D eigenvalue weighted by Crippen LogP contribution is 2.05. The zero-order chi connectivity index (χ0) is 9.84. The minimum atomic E-state index is -0.965. The van der Waals surface area contributed by atoms with Crippen molar-refractivity contribution in [3.8, 4) is 0 Å². The van der Waals surface area contributed by atoms with E-state index in [1.54, 1.807) is 4.90 Å². The number of carbonyl (C=O) groups excluding carboxylic acids is 1. The zero-order valence-electron chi connectivity index (χ0n) is 7.62. The molecular weight excluding hydrogens is 172 g/mol. The number of urea groups is 1. The molecule has 1 aliphatic rings. The molecule has 0 aromatic heterocycles. The number of rotatable bonds is 4. The number of carbonyl (C=O) groups is 2. The molecule has 1 unspecified atom stereocenters. The van der Waals surface area contributed by atoms with Crippen molar-refractivity contribution in [2.45, 2.75) is 25.8 Å². The van der Waals surface area contributed by atoms with Crippen molar-refractivity contribution in [2.24, 2.45) is 0 Å². The van der Waals surface area contributed by atoms with Gasteiger partial charge in [-0.25, -0.2) is 9.59 Å². The lowest BCUT2D eigenvalue weighted by molar-refractivity contribution is -0.138. The predicted molar refractivity (Wildman–Crippen MR) is 46.4 cm³/mol. The largest absolute Gasteiger partial charge is 0.480 e.